The zero-order valence-corrected chi connectivity index (χ0v) is 11.7. The lowest BCUT2D eigenvalue weighted by atomic mass is 10.0. The summed E-state index contributed by atoms with van der Waals surface area (Å²) >= 11 is 0. The molecule has 1 heterocycles. The molecule has 0 aromatic heterocycles. The number of carboxylic acids is 1. The number of nitrogens with two attached hydrogens (primary N) is 1. The van der Waals surface area contributed by atoms with Gasteiger partial charge in [0, 0.05) is 12.1 Å². The third kappa shape index (κ3) is 2.67. The van der Waals surface area contributed by atoms with E-state index in [1.54, 1.807) is 12.1 Å². The Hall–Kier alpha value is -1.88. The van der Waals surface area contributed by atoms with Gasteiger partial charge in [-0.2, -0.15) is 0 Å². The van der Waals surface area contributed by atoms with Gasteiger partial charge in [-0.05, 0) is 24.0 Å². The number of nitrogens with zero attached hydrogens (tertiary/aromatic N) is 1. The molecule has 0 spiro atoms. The van der Waals surface area contributed by atoms with E-state index in [9.17, 15) is 14.7 Å². The number of para-hydroxylation sites is 1. The summed E-state index contributed by atoms with van der Waals surface area (Å²) in [7, 11) is 0. The molecule has 0 saturated heterocycles. The molecule has 2 atom stereocenters. The minimum Gasteiger partial charge on any atom is -0.480 e. The van der Waals surface area contributed by atoms with E-state index < -0.39 is 18.1 Å². The van der Waals surface area contributed by atoms with Crippen LogP contribution in [0.25, 0.3) is 0 Å². The molecule has 0 aliphatic carbocycles. The van der Waals surface area contributed by atoms with Gasteiger partial charge in [0.15, 0.2) is 0 Å². The van der Waals surface area contributed by atoms with E-state index in [4.69, 9.17) is 5.73 Å². The van der Waals surface area contributed by atoms with Crippen molar-refractivity contribution in [3.8, 4) is 0 Å². The smallest absolute Gasteiger partial charge is 0.327 e. The van der Waals surface area contributed by atoms with Gasteiger partial charge in [0.1, 0.15) is 6.04 Å². The Morgan fingerprint density at radius 3 is 2.65 bits per heavy atom. The van der Waals surface area contributed by atoms with Gasteiger partial charge >= 0.3 is 5.97 Å². The number of rotatable bonds is 4. The first-order chi connectivity index (χ1) is 9.41. The minimum absolute atomic E-state index is 0.287. The van der Waals surface area contributed by atoms with Crippen LogP contribution in [0.1, 0.15) is 25.8 Å². The van der Waals surface area contributed by atoms with E-state index in [1.165, 1.54) is 4.90 Å². The Balaban J connectivity index is 2.31. The topological polar surface area (TPSA) is 83.6 Å². The van der Waals surface area contributed by atoms with Crippen molar-refractivity contribution in [2.75, 3.05) is 4.90 Å². The number of hydrogen-bond donors (Lipinski definition) is 2. The second-order valence-electron chi connectivity index (χ2n) is 5.63. The summed E-state index contributed by atoms with van der Waals surface area (Å²) in [5.74, 6) is -1.02. The highest BCUT2D eigenvalue weighted by Crippen LogP contribution is 2.32. The third-order valence-electron chi connectivity index (χ3n) is 3.54. The Morgan fingerprint density at radius 1 is 1.40 bits per heavy atom. The quantitative estimate of drug-likeness (QED) is 0.870. The fraction of sp³-hybridized carbons (Fsp3) is 0.467. The second-order valence-corrected chi connectivity index (χ2v) is 5.63. The number of benzene rings is 1. The number of fused-ring (bicyclic) bond motifs is 1. The number of carbonyl (C=O) groups excluding carboxylic acids is 1. The molecule has 5 heteroatoms. The van der Waals surface area contributed by atoms with Crippen LogP contribution < -0.4 is 10.6 Å². The van der Waals surface area contributed by atoms with Crippen LogP contribution in [-0.2, 0) is 16.0 Å². The van der Waals surface area contributed by atoms with Gasteiger partial charge in [-0.3, -0.25) is 9.69 Å². The lowest BCUT2D eigenvalue weighted by molar-refractivity contribution is -0.140. The molecule has 0 bridgehead atoms. The number of amides is 1. The van der Waals surface area contributed by atoms with Gasteiger partial charge in [0.25, 0.3) is 0 Å². The monoisotopic (exact) mass is 276 g/mol. The molecule has 0 radical (unpaired) electrons. The molecular formula is C15H20N2O3. The molecule has 108 valence electrons. The molecule has 5 nitrogen and oxygen atoms in total. The lowest BCUT2D eigenvalue weighted by Crippen LogP contribution is -2.50. The molecule has 1 amide bonds. The number of aliphatic carboxylic acids is 1. The fourth-order valence-corrected chi connectivity index (χ4v) is 2.64. The van der Waals surface area contributed by atoms with E-state index in [-0.39, 0.29) is 11.8 Å². The van der Waals surface area contributed by atoms with Crippen LogP contribution in [0.15, 0.2) is 24.3 Å². The van der Waals surface area contributed by atoms with Crippen molar-refractivity contribution in [3.63, 3.8) is 0 Å². The summed E-state index contributed by atoms with van der Waals surface area (Å²) in [6.07, 6.45) is 0.884. The Morgan fingerprint density at radius 2 is 2.05 bits per heavy atom. The second kappa shape index (κ2) is 5.63. The number of carbonyl (C=O) groups is 2. The van der Waals surface area contributed by atoms with Crippen LogP contribution in [0.2, 0.25) is 0 Å². The molecule has 1 aromatic carbocycles. The predicted octanol–water partition coefficient (Wildman–Crippen LogP) is 1.40. The highest BCUT2D eigenvalue weighted by atomic mass is 16.4. The number of hydrogen-bond acceptors (Lipinski definition) is 3. The van der Waals surface area contributed by atoms with Gasteiger partial charge in [-0.1, -0.05) is 32.0 Å². The van der Waals surface area contributed by atoms with Crippen molar-refractivity contribution >= 4 is 17.6 Å². The van der Waals surface area contributed by atoms with Crippen LogP contribution in [0.4, 0.5) is 5.69 Å². The van der Waals surface area contributed by atoms with E-state index in [2.05, 4.69) is 0 Å². The maximum atomic E-state index is 12.5. The van der Waals surface area contributed by atoms with Crippen molar-refractivity contribution in [1.29, 1.82) is 0 Å². The van der Waals surface area contributed by atoms with Crippen molar-refractivity contribution < 1.29 is 14.7 Å². The number of carboxylic acid groups (broad SMARTS) is 1. The predicted molar refractivity (Wildman–Crippen MR) is 76.5 cm³/mol. The van der Waals surface area contributed by atoms with Crippen LogP contribution in [0.3, 0.4) is 0 Å². The van der Waals surface area contributed by atoms with Crippen LogP contribution >= 0.6 is 0 Å². The molecular weight excluding hydrogens is 256 g/mol. The maximum Gasteiger partial charge on any atom is 0.327 e. The van der Waals surface area contributed by atoms with E-state index >= 15 is 0 Å². The average molecular weight is 276 g/mol. The maximum absolute atomic E-state index is 12.5. The van der Waals surface area contributed by atoms with Crippen LogP contribution in [0.5, 0.6) is 0 Å². The molecule has 1 aromatic rings. The molecule has 20 heavy (non-hydrogen) atoms. The van der Waals surface area contributed by atoms with Gasteiger partial charge in [-0.25, -0.2) is 4.79 Å². The Bertz CT molecular complexity index is 528. The largest absolute Gasteiger partial charge is 0.480 e. The fourth-order valence-electron chi connectivity index (χ4n) is 2.64. The Kier molecular flexibility index (Phi) is 4.09. The Labute approximate surface area is 118 Å². The molecule has 0 fully saturated rings. The normalized spacial score (nSPS) is 19.0. The summed E-state index contributed by atoms with van der Waals surface area (Å²) in [4.78, 5) is 25.2. The van der Waals surface area contributed by atoms with Gasteiger partial charge in [-0.15, -0.1) is 0 Å². The summed E-state index contributed by atoms with van der Waals surface area (Å²) in [6, 6.07) is 5.77. The van der Waals surface area contributed by atoms with Gasteiger partial charge < -0.3 is 10.8 Å². The summed E-state index contributed by atoms with van der Waals surface area (Å²) in [5, 5.41) is 9.33. The number of anilines is 1. The summed E-state index contributed by atoms with van der Waals surface area (Å²) in [5.41, 5.74) is 7.48. The molecule has 0 saturated carbocycles. The summed E-state index contributed by atoms with van der Waals surface area (Å²) in [6.45, 7) is 3.97. The SMILES string of the molecule is CC(C)C[C@@H](N)C(=O)N1c2ccccc2C[C@H]1C(=O)O. The first-order valence-corrected chi connectivity index (χ1v) is 6.81. The molecule has 0 unspecified atom stereocenters. The molecule has 1 aliphatic rings. The molecule has 1 aliphatic heterocycles. The molecule has 3 N–H and O–H groups in total. The highest BCUT2D eigenvalue weighted by molar-refractivity contribution is 6.04. The minimum atomic E-state index is -0.994. The first kappa shape index (κ1) is 14.5. The van der Waals surface area contributed by atoms with Crippen molar-refractivity contribution in [2.24, 2.45) is 11.7 Å². The zero-order chi connectivity index (χ0) is 14.9. The third-order valence-corrected chi connectivity index (χ3v) is 3.54. The van der Waals surface area contributed by atoms with E-state index in [1.807, 2.05) is 26.0 Å². The van der Waals surface area contributed by atoms with Crippen LogP contribution in [-0.4, -0.2) is 29.1 Å². The van der Waals surface area contributed by atoms with Crippen molar-refractivity contribution in [3.05, 3.63) is 29.8 Å². The first-order valence-electron chi connectivity index (χ1n) is 6.81. The van der Waals surface area contributed by atoms with Crippen molar-refractivity contribution in [1.82, 2.24) is 0 Å². The van der Waals surface area contributed by atoms with Crippen molar-refractivity contribution in [2.45, 2.75) is 38.8 Å². The standard InChI is InChI=1S/C15H20N2O3/c1-9(2)7-11(16)14(18)17-12-6-4-3-5-10(12)8-13(17)15(19)20/h3-6,9,11,13H,7-8,16H2,1-2H3,(H,19,20)/t11-,13+/m1/s1. The average Bonchev–Trinajstić information content (AvgIpc) is 2.76. The van der Waals surface area contributed by atoms with Crippen LogP contribution in [0, 0.1) is 5.92 Å². The van der Waals surface area contributed by atoms with Gasteiger partial charge in [0.2, 0.25) is 5.91 Å². The zero-order valence-electron chi connectivity index (χ0n) is 11.7. The summed E-state index contributed by atoms with van der Waals surface area (Å²) < 4.78 is 0. The van der Waals surface area contributed by atoms with E-state index in [0.29, 0.717) is 18.5 Å². The van der Waals surface area contributed by atoms with E-state index in [0.717, 1.165) is 5.56 Å². The van der Waals surface area contributed by atoms with Gasteiger partial charge in [0.05, 0.1) is 6.04 Å². The molecule has 2 rings (SSSR count). The highest BCUT2D eigenvalue weighted by Gasteiger charge is 2.39. The lowest BCUT2D eigenvalue weighted by Gasteiger charge is -2.26.